The fraction of sp³-hybridized carbons (Fsp3) is 0.500. The Morgan fingerprint density at radius 2 is 2.38 bits per heavy atom. The highest BCUT2D eigenvalue weighted by molar-refractivity contribution is 4.74. The highest BCUT2D eigenvalue weighted by atomic mass is 16.4. The third-order valence-electron chi connectivity index (χ3n) is 0.691. The van der Waals surface area contributed by atoms with Crippen LogP contribution >= 0.6 is 0 Å². The summed E-state index contributed by atoms with van der Waals surface area (Å²) in [5.74, 6) is 0.596. The van der Waals surface area contributed by atoms with Gasteiger partial charge < -0.3 is 4.42 Å². The monoisotopic (exact) mass is 113 g/mol. The van der Waals surface area contributed by atoms with E-state index < -0.39 is 6.61 Å². The third kappa shape index (κ3) is 0.840. The molecule has 0 bridgehead atoms. The van der Waals surface area contributed by atoms with Crippen molar-refractivity contribution in [2.45, 2.75) is 13.5 Å². The Balaban J connectivity index is 2.84. The molecule has 1 radical (unpaired) electrons. The first-order valence-electron chi connectivity index (χ1n) is 2.20. The van der Waals surface area contributed by atoms with Crippen LogP contribution in [0, 0.1) is 6.92 Å². The van der Waals surface area contributed by atoms with Crippen molar-refractivity contribution in [2.24, 2.45) is 0 Å². The SMILES string of the molecule is Cc1nnc(C[O])o1. The van der Waals surface area contributed by atoms with Crippen molar-refractivity contribution in [3.05, 3.63) is 11.8 Å². The van der Waals surface area contributed by atoms with Gasteiger partial charge >= 0.3 is 0 Å². The van der Waals surface area contributed by atoms with Gasteiger partial charge in [-0.25, -0.2) is 5.11 Å². The van der Waals surface area contributed by atoms with E-state index in [1.807, 2.05) is 0 Å². The van der Waals surface area contributed by atoms with Crippen LogP contribution in [-0.4, -0.2) is 10.2 Å². The van der Waals surface area contributed by atoms with Gasteiger partial charge in [-0.3, -0.25) is 0 Å². The molecule has 0 atom stereocenters. The first-order valence-corrected chi connectivity index (χ1v) is 2.20. The molecule has 0 aliphatic heterocycles. The van der Waals surface area contributed by atoms with Crippen LogP contribution in [0.1, 0.15) is 11.8 Å². The average Bonchev–Trinajstić information content (AvgIpc) is 2.14. The van der Waals surface area contributed by atoms with Gasteiger partial charge in [-0.2, -0.15) is 0 Å². The molecule has 4 nitrogen and oxygen atoms in total. The molecule has 0 aliphatic rings. The van der Waals surface area contributed by atoms with Gasteiger partial charge in [0.2, 0.25) is 11.8 Å². The third-order valence-corrected chi connectivity index (χ3v) is 0.691. The van der Waals surface area contributed by atoms with Crippen molar-refractivity contribution in [3.8, 4) is 0 Å². The van der Waals surface area contributed by atoms with E-state index in [0.717, 1.165) is 0 Å². The molecule has 43 valence electrons. The second-order valence-electron chi connectivity index (χ2n) is 1.36. The van der Waals surface area contributed by atoms with E-state index in [2.05, 4.69) is 10.2 Å². The minimum atomic E-state index is -0.430. The summed E-state index contributed by atoms with van der Waals surface area (Å²) >= 11 is 0. The van der Waals surface area contributed by atoms with Crippen molar-refractivity contribution in [2.75, 3.05) is 0 Å². The molecule has 0 saturated carbocycles. The van der Waals surface area contributed by atoms with E-state index in [9.17, 15) is 5.11 Å². The highest BCUT2D eigenvalue weighted by Crippen LogP contribution is 1.95. The van der Waals surface area contributed by atoms with Crippen LogP contribution in [0.2, 0.25) is 0 Å². The van der Waals surface area contributed by atoms with Crippen LogP contribution in [0.15, 0.2) is 4.42 Å². The Kier molecular flexibility index (Phi) is 1.26. The highest BCUT2D eigenvalue weighted by Gasteiger charge is 1.97. The Morgan fingerprint density at radius 1 is 1.62 bits per heavy atom. The van der Waals surface area contributed by atoms with Gasteiger partial charge in [0.05, 0.1) is 0 Å². The lowest BCUT2D eigenvalue weighted by atomic mass is 10.7. The first kappa shape index (κ1) is 5.24. The minimum Gasteiger partial charge on any atom is -0.423 e. The summed E-state index contributed by atoms with van der Waals surface area (Å²) in [6.07, 6.45) is 0. The van der Waals surface area contributed by atoms with Crippen molar-refractivity contribution >= 4 is 0 Å². The van der Waals surface area contributed by atoms with E-state index in [1.165, 1.54) is 0 Å². The van der Waals surface area contributed by atoms with Crippen molar-refractivity contribution in [1.82, 2.24) is 10.2 Å². The molecule has 0 N–H and O–H groups in total. The summed E-state index contributed by atoms with van der Waals surface area (Å²) in [7, 11) is 0. The Morgan fingerprint density at radius 3 is 2.62 bits per heavy atom. The number of hydrogen-bond donors (Lipinski definition) is 0. The van der Waals surface area contributed by atoms with Gasteiger partial charge in [0.15, 0.2) is 6.61 Å². The average molecular weight is 113 g/mol. The predicted octanol–water partition coefficient (Wildman–Crippen LogP) is 0.309. The van der Waals surface area contributed by atoms with Crippen LogP contribution in [0.5, 0.6) is 0 Å². The van der Waals surface area contributed by atoms with Gasteiger partial charge in [0.25, 0.3) is 0 Å². The molecule has 1 heterocycles. The number of aryl methyl sites for hydroxylation is 1. The zero-order chi connectivity index (χ0) is 5.98. The zero-order valence-electron chi connectivity index (χ0n) is 4.42. The number of hydrogen-bond acceptors (Lipinski definition) is 3. The van der Waals surface area contributed by atoms with Crippen LogP contribution in [0.3, 0.4) is 0 Å². The van der Waals surface area contributed by atoms with Crippen LogP contribution in [-0.2, 0) is 11.7 Å². The molecule has 0 amide bonds. The molecule has 0 saturated heterocycles. The molecule has 0 aliphatic carbocycles. The lowest BCUT2D eigenvalue weighted by molar-refractivity contribution is 0.149. The Labute approximate surface area is 46.2 Å². The van der Waals surface area contributed by atoms with Gasteiger partial charge in [0.1, 0.15) is 0 Å². The molecule has 0 fully saturated rings. The number of nitrogens with zero attached hydrogens (tertiary/aromatic N) is 2. The molecule has 1 aromatic heterocycles. The molecule has 8 heavy (non-hydrogen) atoms. The second-order valence-corrected chi connectivity index (χ2v) is 1.36. The molecule has 0 spiro atoms. The van der Waals surface area contributed by atoms with Gasteiger partial charge in [-0.15, -0.1) is 10.2 Å². The summed E-state index contributed by atoms with van der Waals surface area (Å²) in [5, 5.41) is 16.8. The lowest BCUT2D eigenvalue weighted by Crippen LogP contribution is -1.77. The lowest BCUT2D eigenvalue weighted by Gasteiger charge is -1.75. The summed E-state index contributed by atoms with van der Waals surface area (Å²) in [5.41, 5.74) is 0. The largest absolute Gasteiger partial charge is 0.423 e. The smallest absolute Gasteiger partial charge is 0.245 e. The van der Waals surface area contributed by atoms with Crippen LogP contribution < -0.4 is 0 Å². The van der Waals surface area contributed by atoms with Crippen molar-refractivity contribution in [3.63, 3.8) is 0 Å². The summed E-state index contributed by atoms with van der Waals surface area (Å²) < 4.78 is 4.70. The van der Waals surface area contributed by atoms with E-state index >= 15 is 0 Å². The maximum absolute atomic E-state index is 9.95. The summed E-state index contributed by atoms with van der Waals surface area (Å²) in [6, 6.07) is 0. The van der Waals surface area contributed by atoms with E-state index in [-0.39, 0.29) is 5.89 Å². The topological polar surface area (TPSA) is 58.8 Å². The fourth-order valence-corrected chi connectivity index (χ4v) is 0.396. The van der Waals surface area contributed by atoms with Crippen molar-refractivity contribution in [1.29, 1.82) is 0 Å². The second kappa shape index (κ2) is 1.92. The molecule has 0 aromatic carbocycles. The van der Waals surface area contributed by atoms with Crippen LogP contribution in [0.25, 0.3) is 0 Å². The molecular weight excluding hydrogens is 108 g/mol. The van der Waals surface area contributed by atoms with E-state index in [1.54, 1.807) is 6.92 Å². The zero-order valence-corrected chi connectivity index (χ0v) is 4.42. The van der Waals surface area contributed by atoms with Crippen molar-refractivity contribution < 1.29 is 9.52 Å². The molecular formula is C4H5N2O2. The predicted molar refractivity (Wildman–Crippen MR) is 23.4 cm³/mol. The molecule has 4 heteroatoms. The molecule has 1 rings (SSSR count). The summed E-state index contributed by atoms with van der Waals surface area (Å²) in [6.45, 7) is 1.22. The van der Waals surface area contributed by atoms with E-state index in [0.29, 0.717) is 5.89 Å². The van der Waals surface area contributed by atoms with Crippen LogP contribution in [0.4, 0.5) is 0 Å². The summed E-state index contributed by atoms with van der Waals surface area (Å²) in [4.78, 5) is 0. The van der Waals surface area contributed by atoms with Gasteiger partial charge in [0, 0.05) is 6.92 Å². The number of rotatable bonds is 1. The van der Waals surface area contributed by atoms with E-state index in [4.69, 9.17) is 4.42 Å². The Hall–Kier alpha value is -0.900. The molecule has 0 unspecified atom stereocenters. The maximum Gasteiger partial charge on any atom is 0.245 e. The maximum atomic E-state index is 9.95. The van der Waals surface area contributed by atoms with Gasteiger partial charge in [-0.1, -0.05) is 0 Å². The molecule has 1 aromatic rings. The number of aromatic nitrogens is 2. The first-order chi connectivity index (χ1) is 3.83. The fourth-order valence-electron chi connectivity index (χ4n) is 0.396. The standard InChI is InChI=1S/C4H5N2O2/c1-3-5-6-4(2-7)8-3/h2H2,1H3. The quantitative estimate of drug-likeness (QED) is 0.526. The Bertz CT molecular complexity index is 172. The minimum absolute atomic E-state index is 0.155. The normalized spacial score (nSPS) is 9.75. The van der Waals surface area contributed by atoms with Gasteiger partial charge in [-0.05, 0) is 0 Å².